The predicted molar refractivity (Wildman–Crippen MR) is 109 cm³/mol. The molecule has 0 N–H and O–H groups in total. The summed E-state index contributed by atoms with van der Waals surface area (Å²) < 4.78 is 36.2. The first-order valence-corrected chi connectivity index (χ1v) is 9.79. The van der Waals surface area contributed by atoms with Crippen molar-refractivity contribution in [1.82, 2.24) is 0 Å². The van der Waals surface area contributed by atoms with E-state index in [1.54, 1.807) is 7.11 Å². The van der Waals surface area contributed by atoms with E-state index in [1.165, 1.54) is 0 Å². The average molecular weight is 390 g/mol. The SMILES string of the molecule is COc1ccc(C(OB2OC(C)(C)C(C)(C)O2)B2OC(C)(C)C(C)(C)O2)cc1. The molecule has 2 aliphatic rings. The Morgan fingerprint density at radius 2 is 1.14 bits per heavy atom. The molecule has 2 saturated heterocycles. The van der Waals surface area contributed by atoms with Crippen LogP contribution in [0.15, 0.2) is 24.3 Å². The fourth-order valence-corrected chi connectivity index (χ4v) is 3.07. The summed E-state index contributed by atoms with van der Waals surface area (Å²) in [5, 5.41) is 0. The van der Waals surface area contributed by atoms with E-state index < -0.39 is 42.8 Å². The Morgan fingerprint density at radius 1 is 0.714 bits per heavy atom. The first-order valence-electron chi connectivity index (χ1n) is 9.79. The van der Waals surface area contributed by atoms with Gasteiger partial charge in [-0.05, 0) is 73.1 Å². The monoisotopic (exact) mass is 390 g/mol. The van der Waals surface area contributed by atoms with E-state index >= 15 is 0 Å². The average Bonchev–Trinajstić information content (AvgIpc) is 2.91. The molecule has 8 heteroatoms. The molecule has 0 radical (unpaired) electrons. The molecule has 2 fully saturated rings. The van der Waals surface area contributed by atoms with Crippen LogP contribution in [-0.4, -0.2) is 44.0 Å². The summed E-state index contributed by atoms with van der Waals surface area (Å²) in [6.45, 7) is 16.1. The van der Waals surface area contributed by atoms with E-state index in [2.05, 4.69) is 0 Å². The standard InChI is InChI=1S/C20H32B2O6/c1-17(2)18(3,4)26-21(25-17)16(14-10-12-15(23-9)13-11-14)24-22-27-19(5,6)20(7,8)28-22/h10-13,16H,1-9H3. The van der Waals surface area contributed by atoms with Crippen molar-refractivity contribution in [3.05, 3.63) is 29.8 Å². The van der Waals surface area contributed by atoms with Gasteiger partial charge in [-0.25, -0.2) is 0 Å². The van der Waals surface area contributed by atoms with E-state index in [-0.39, 0.29) is 0 Å². The summed E-state index contributed by atoms with van der Waals surface area (Å²) in [4.78, 5) is 0. The number of benzene rings is 1. The van der Waals surface area contributed by atoms with E-state index in [0.29, 0.717) is 0 Å². The highest BCUT2D eigenvalue weighted by Crippen LogP contribution is 2.43. The zero-order valence-corrected chi connectivity index (χ0v) is 18.5. The smallest absolute Gasteiger partial charge is 0.497 e. The lowest BCUT2D eigenvalue weighted by Crippen LogP contribution is -2.41. The van der Waals surface area contributed by atoms with Crippen molar-refractivity contribution < 1.29 is 28.0 Å². The van der Waals surface area contributed by atoms with E-state index in [4.69, 9.17) is 28.0 Å². The fourth-order valence-electron chi connectivity index (χ4n) is 3.07. The van der Waals surface area contributed by atoms with Crippen LogP contribution >= 0.6 is 0 Å². The summed E-state index contributed by atoms with van der Waals surface area (Å²) in [5.74, 6) is 0.770. The Morgan fingerprint density at radius 3 is 1.57 bits per heavy atom. The van der Waals surface area contributed by atoms with Crippen molar-refractivity contribution in [3.8, 4) is 5.75 Å². The molecule has 0 aliphatic carbocycles. The largest absolute Gasteiger partial charge is 0.640 e. The molecule has 0 spiro atoms. The van der Waals surface area contributed by atoms with Crippen molar-refractivity contribution in [2.24, 2.45) is 0 Å². The van der Waals surface area contributed by atoms with Gasteiger partial charge in [0.2, 0.25) is 0 Å². The van der Waals surface area contributed by atoms with Gasteiger partial charge in [0.25, 0.3) is 0 Å². The first-order chi connectivity index (χ1) is 12.8. The van der Waals surface area contributed by atoms with Gasteiger partial charge in [0.1, 0.15) is 11.8 Å². The summed E-state index contributed by atoms with van der Waals surface area (Å²) in [5.41, 5.74) is -1.02. The van der Waals surface area contributed by atoms with Crippen LogP contribution in [0, 0.1) is 0 Å². The van der Waals surface area contributed by atoms with Crippen LogP contribution in [0.25, 0.3) is 0 Å². The zero-order chi connectivity index (χ0) is 21.0. The lowest BCUT2D eigenvalue weighted by molar-refractivity contribution is 0.00578. The third kappa shape index (κ3) is 3.85. The van der Waals surface area contributed by atoms with E-state index in [0.717, 1.165) is 11.3 Å². The predicted octanol–water partition coefficient (Wildman–Crippen LogP) is 3.97. The Kier molecular flexibility index (Phi) is 5.43. The highest BCUT2D eigenvalue weighted by atomic mass is 16.8. The zero-order valence-electron chi connectivity index (χ0n) is 18.5. The topological polar surface area (TPSA) is 55.4 Å². The summed E-state index contributed by atoms with van der Waals surface area (Å²) in [6, 6.07) is 7.14. The Hall–Kier alpha value is -1.05. The van der Waals surface area contributed by atoms with Gasteiger partial charge < -0.3 is 28.0 Å². The second-order valence-electron chi connectivity index (χ2n) is 9.50. The maximum Gasteiger partial charge on any atom is 0.640 e. The van der Waals surface area contributed by atoms with Gasteiger partial charge in [-0.2, -0.15) is 0 Å². The fraction of sp³-hybridized carbons (Fsp3) is 0.700. The summed E-state index contributed by atoms with van der Waals surface area (Å²) in [6.07, 6.45) is 0. The second-order valence-corrected chi connectivity index (χ2v) is 9.50. The quantitative estimate of drug-likeness (QED) is 0.710. The normalized spacial score (nSPS) is 25.8. The molecular weight excluding hydrogens is 358 g/mol. The van der Waals surface area contributed by atoms with Crippen LogP contribution in [0.4, 0.5) is 0 Å². The maximum atomic E-state index is 6.28. The van der Waals surface area contributed by atoms with Crippen LogP contribution in [0.3, 0.4) is 0 Å². The van der Waals surface area contributed by atoms with Gasteiger partial charge in [0.05, 0.1) is 29.5 Å². The van der Waals surface area contributed by atoms with Gasteiger partial charge in [0, 0.05) is 0 Å². The third-order valence-corrected chi connectivity index (χ3v) is 6.45. The summed E-state index contributed by atoms with van der Waals surface area (Å²) >= 11 is 0. The number of hydrogen-bond donors (Lipinski definition) is 0. The lowest BCUT2D eigenvalue weighted by Gasteiger charge is -2.32. The highest BCUT2D eigenvalue weighted by Gasteiger charge is 2.58. The van der Waals surface area contributed by atoms with Crippen LogP contribution in [-0.2, 0) is 23.3 Å². The van der Waals surface area contributed by atoms with Crippen molar-refractivity contribution in [2.45, 2.75) is 83.8 Å². The number of hydrogen-bond acceptors (Lipinski definition) is 6. The Balaban J connectivity index is 1.88. The minimum absolute atomic E-state index is 0.471. The third-order valence-electron chi connectivity index (χ3n) is 6.45. The molecule has 0 aromatic heterocycles. The minimum Gasteiger partial charge on any atom is -0.497 e. The van der Waals surface area contributed by atoms with Gasteiger partial charge in [-0.3, -0.25) is 0 Å². The van der Waals surface area contributed by atoms with Crippen LogP contribution in [0.2, 0.25) is 0 Å². The number of ether oxygens (including phenoxy) is 1. The van der Waals surface area contributed by atoms with Gasteiger partial charge >= 0.3 is 14.4 Å². The molecule has 1 aromatic carbocycles. The molecule has 1 aromatic rings. The minimum atomic E-state index is -0.823. The van der Waals surface area contributed by atoms with Gasteiger partial charge in [-0.15, -0.1) is 0 Å². The van der Waals surface area contributed by atoms with Crippen LogP contribution in [0.5, 0.6) is 5.75 Å². The van der Waals surface area contributed by atoms with Crippen LogP contribution < -0.4 is 4.74 Å². The van der Waals surface area contributed by atoms with Crippen molar-refractivity contribution in [3.63, 3.8) is 0 Å². The van der Waals surface area contributed by atoms with Crippen molar-refractivity contribution in [2.75, 3.05) is 7.11 Å². The van der Waals surface area contributed by atoms with E-state index in [9.17, 15) is 0 Å². The molecule has 0 bridgehead atoms. The van der Waals surface area contributed by atoms with Crippen LogP contribution in [0.1, 0.15) is 67.0 Å². The molecule has 1 atom stereocenters. The molecule has 3 rings (SSSR count). The molecule has 28 heavy (non-hydrogen) atoms. The van der Waals surface area contributed by atoms with Crippen molar-refractivity contribution >= 4 is 14.4 Å². The molecule has 2 heterocycles. The van der Waals surface area contributed by atoms with Gasteiger partial charge in [0.15, 0.2) is 0 Å². The maximum absolute atomic E-state index is 6.28. The molecule has 1 unspecified atom stereocenters. The number of methoxy groups -OCH3 is 1. The van der Waals surface area contributed by atoms with Gasteiger partial charge in [-0.1, -0.05) is 12.1 Å². The molecule has 154 valence electrons. The molecule has 6 nitrogen and oxygen atoms in total. The lowest BCUT2D eigenvalue weighted by atomic mass is 9.75. The Labute approximate surface area is 169 Å². The molecule has 0 saturated carbocycles. The molecule has 0 amide bonds. The highest BCUT2D eigenvalue weighted by molar-refractivity contribution is 6.49. The van der Waals surface area contributed by atoms with Crippen molar-refractivity contribution in [1.29, 1.82) is 0 Å². The first kappa shape index (κ1) is 21.7. The molecule has 2 aliphatic heterocycles. The summed E-state index contributed by atoms with van der Waals surface area (Å²) in [7, 11) is 0.218. The number of rotatable bonds is 5. The van der Waals surface area contributed by atoms with E-state index in [1.807, 2.05) is 79.7 Å². The second kappa shape index (κ2) is 7.03. The molecular formula is C20H32B2O6. The Bertz CT molecular complexity index is 669.